The Bertz CT molecular complexity index is 661. The van der Waals surface area contributed by atoms with Crippen molar-refractivity contribution in [1.82, 2.24) is 10.3 Å². The summed E-state index contributed by atoms with van der Waals surface area (Å²) in [6, 6.07) is 6.86. The van der Waals surface area contributed by atoms with Crippen LogP contribution in [0.25, 0.3) is 0 Å². The van der Waals surface area contributed by atoms with E-state index in [4.69, 9.17) is 11.6 Å². The number of imide groups is 1. The van der Waals surface area contributed by atoms with Crippen LogP contribution >= 0.6 is 11.6 Å². The van der Waals surface area contributed by atoms with Gasteiger partial charge in [0.1, 0.15) is 0 Å². The molecular weight excluding hydrogens is 330 g/mol. The molecule has 7 heteroatoms. The molecule has 0 spiro atoms. The minimum atomic E-state index is -0.293. The smallest absolute Gasteiger partial charge is 0.240 e. The summed E-state index contributed by atoms with van der Waals surface area (Å²) in [7, 11) is 0. The highest BCUT2D eigenvalue weighted by molar-refractivity contribution is 6.30. The van der Waals surface area contributed by atoms with Crippen LogP contribution in [0.1, 0.15) is 19.3 Å². The van der Waals surface area contributed by atoms with E-state index in [1.165, 1.54) is 4.90 Å². The minimum Gasteiger partial charge on any atom is -0.299 e. The van der Waals surface area contributed by atoms with E-state index in [1.807, 2.05) is 12.2 Å². The van der Waals surface area contributed by atoms with Gasteiger partial charge in [0.2, 0.25) is 17.7 Å². The Morgan fingerprint density at radius 3 is 2.25 bits per heavy atom. The number of allylic oxidation sites excluding steroid dienone is 2. The van der Waals surface area contributed by atoms with Gasteiger partial charge in [-0.15, -0.1) is 0 Å². The van der Waals surface area contributed by atoms with Crippen LogP contribution in [-0.2, 0) is 14.4 Å². The van der Waals surface area contributed by atoms with Gasteiger partial charge in [-0.3, -0.25) is 30.1 Å². The molecule has 2 aliphatic rings. The van der Waals surface area contributed by atoms with Gasteiger partial charge in [-0.05, 0) is 37.1 Å². The first-order chi connectivity index (χ1) is 11.6. The van der Waals surface area contributed by atoms with E-state index in [9.17, 15) is 14.4 Å². The number of amides is 3. The first kappa shape index (κ1) is 16.5. The number of fused-ring (bicyclic) bond motifs is 1. The second-order valence-electron chi connectivity index (χ2n) is 5.91. The quantitative estimate of drug-likeness (QED) is 0.486. The van der Waals surface area contributed by atoms with Crippen molar-refractivity contribution in [2.45, 2.75) is 19.3 Å². The van der Waals surface area contributed by atoms with Crippen LogP contribution in [0.4, 0.5) is 5.69 Å². The molecule has 2 atom stereocenters. The van der Waals surface area contributed by atoms with Crippen molar-refractivity contribution in [2.75, 3.05) is 12.0 Å². The molecule has 0 radical (unpaired) electrons. The Hall–Kier alpha value is -2.34. The van der Waals surface area contributed by atoms with Gasteiger partial charge in [0.25, 0.3) is 0 Å². The van der Waals surface area contributed by atoms with E-state index in [1.54, 1.807) is 24.3 Å². The van der Waals surface area contributed by atoms with E-state index >= 15 is 0 Å². The Balaban J connectivity index is 1.48. The molecule has 1 aliphatic heterocycles. The molecule has 1 aromatic rings. The predicted molar refractivity (Wildman–Crippen MR) is 89.9 cm³/mol. The molecule has 1 aliphatic carbocycles. The van der Waals surface area contributed by atoms with Crippen LogP contribution in [0, 0.1) is 11.8 Å². The average Bonchev–Trinajstić information content (AvgIpc) is 2.84. The molecule has 24 heavy (non-hydrogen) atoms. The van der Waals surface area contributed by atoms with E-state index in [0.29, 0.717) is 23.6 Å². The Morgan fingerprint density at radius 2 is 1.67 bits per heavy atom. The summed E-state index contributed by atoms with van der Waals surface area (Å²) < 4.78 is 0. The summed E-state index contributed by atoms with van der Waals surface area (Å²) in [5.41, 5.74) is 6.00. The van der Waals surface area contributed by atoms with Crippen LogP contribution in [0.5, 0.6) is 0 Å². The number of nitrogens with zero attached hydrogens (tertiary/aromatic N) is 1. The fourth-order valence-corrected chi connectivity index (χ4v) is 3.17. The lowest BCUT2D eigenvalue weighted by Crippen LogP contribution is -2.37. The lowest BCUT2D eigenvalue weighted by molar-refractivity contribution is -0.140. The van der Waals surface area contributed by atoms with Gasteiger partial charge in [-0.1, -0.05) is 23.8 Å². The number of rotatable bonds is 5. The van der Waals surface area contributed by atoms with Gasteiger partial charge in [-0.25, -0.2) is 0 Å². The molecule has 0 aromatic heterocycles. The summed E-state index contributed by atoms with van der Waals surface area (Å²) in [5.74, 6) is -1.12. The van der Waals surface area contributed by atoms with Gasteiger partial charge in [0.15, 0.2) is 0 Å². The minimum absolute atomic E-state index is 0.0605. The molecule has 2 N–H and O–H groups in total. The fourth-order valence-electron chi connectivity index (χ4n) is 3.04. The summed E-state index contributed by atoms with van der Waals surface area (Å²) >= 11 is 5.79. The van der Waals surface area contributed by atoms with Crippen molar-refractivity contribution >= 4 is 35.0 Å². The van der Waals surface area contributed by atoms with Gasteiger partial charge in [0.05, 0.1) is 17.5 Å². The average molecular weight is 348 g/mol. The summed E-state index contributed by atoms with van der Waals surface area (Å²) in [4.78, 5) is 37.7. The number of carbonyl (C=O) groups excluding carboxylic acids is 3. The molecule has 0 saturated carbocycles. The van der Waals surface area contributed by atoms with Crippen molar-refractivity contribution in [1.29, 1.82) is 0 Å². The molecule has 1 fully saturated rings. The third-order valence-corrected chi connectivity index (χ3v) is 4.60. The maximum Gasteiger partial charge on any atom is 0.240 e. The molecular formula is C17H18ClN3O3. The van der Waals surface area contributed by atoms with Crippen LogP contribution < -0.4 is 10.9 Å². The zero-order valence-corrected chi connectivity index (χ0v) is 13.8. The number of anilines is 1. The molecule has 1 aromatic carbocycles. The molecule has 3 rings (SSSR count). The maximum absolute atomic E-state index is 12.3. The van der Waals surface area contributed by atoms with Crippen molar-refractivity contribution in [3.05, 3.63) is 41.4 Å². The number of hydrogen-bond acceptors (Lipinski definition) is 4. The van der Waals surface area contributed by atoms with Crippen molar-refractivity contribution < 1.29 is 14.4 Å². The zero-order chi connectivity index (χ0) is 17.1. The highest BCUT2D eigenvalue weighted by Crippen LogP contribution is 2.34. The lowest BCUT2D eigenvalue weighted by Gasteiger charge is -2.15. The molecule has 1 saturated heterocycles. The Morgan fingerprint density at radius 1 is 1.08 bits per heavy atom. The molecule has 3 amide bonds. The summed E-state index contributed by atoms with van der Waals surface area (Å²) in [6.45, 7) is 0.110. The van der Waals surface area contributed by atoms with Crippen LogP contribution in [0.15, 0.2) is 36.4 Å². The topological polar surface area (TPSA) is 78.5 Å². The van der Waals surface area contributed by atoms with Gasteiger partial charge in [0, 0.05) is 18.0 Å². The SMILES string of the molecule is O=C(CCN1C(=O)[C@H]2CC=CC[C@@H]2C1=O)NNc1ccc(Cl)cc1. The van der Waals surface area contributed by atoms with Gasteiger partial charge < -0.3 is 0 Å². The highest BCUT2D eigenvalue weighted by atomic mass is 35.5. The number of hydrazine groups is 1. The number of benzene rings is 1. The van der Waals surface area contributed by atoms with E-state index in [-0.39, 0.29) is 42.5 Å². The number of halogens is 1. The predicted octanol–water partition coefficient (Wildman–Crippen LogP) is 2.12. The largest absolute Gasteiger partial charge is 0.299 e. The third-order valence-electron chi connectivity index (χ3n) is 4.35. The van der Waals surface area contributed by atoms with Crippen LogP contribution in [-0.4, -0.2) is 29.2 Å². The Kier molecular flexibility index (Phi) is 4.85. The number of nitrogens with one attached hydrogen (secondary N) is 2. The number of carbonyl (C=O) groups is 3. The molecule has 1 heterocycles. The van der Waals surface area contributed by atoms with E-state index in [2.05, 4.69) is 10.9 Å². The summed E-state index contributed by atoms with van der Waals surface area (Å²) in [6.07, 6.45) is 5.16. The standard InChI is InChI=1S/C17H18ClN3O3/c18-11-5-7-12(8-6-11)19-20-15(22)9-10-21-16(23)13-3-1-2-4-14(13)17(21)24/h1-2,5-8,13-14,19H,3-4,9-10H2,(H,20,22)/t13-,14-/m0/s1. The maximum atomic E-state index is 12.3. The van der Waals surface area contributed by atoms with Gasteiger partial charge >= 0.3 is 0 Å². The normalized spacial score (nSPS) is 22.5. The Labute approximate surface area is 144 Å². The molecule has 0 unspecified atom stereocenters. The van der Waals surface area contributed by atoms with E-state index < -0.39 is 0 Å². The van der Waals surface area contributed by atoms with Crippen molar-refractivity contribution in [3.63, 3.8) is 0 Å². The number of likely N-dealkylation sites (tertiary alicyclic amines) is 1. The third kappa shape index (κ3) is 3.43. The monoisotopic (exact) mass is 347 g/mol. The second kappa shape index (κ2) is 7.05. The first-order valence-corrected chi connectivity index (χ1v) is 8.24. The first-order valence-electron chi connectivity index (χ1n) is 7.87. The fraction of sp³-hybridized carbons (Fsp3) is 0.353. The van der Waals surface area contributed by atoms with Crippen LogP contribution in [0.2, 0.25) is 5.02 Å². The van der Waals surface area contributed by atoms with Crippen molar-refractivity contribution in [3.8, 4) is 0 Å². The highest BCUT2D eigenvalue weighted by Gasteiger charge is 2.46. The van der Waals surface area contributed by atoms with Crippen LogP contribution in [0.3, 0.4) is 0 Å². The van der Waals surface area contributed by atoms with E-state index in [0.717, 1.165) is 0 Å². The number of hydrogen-bond donors (Lipinski definition) is 2. The molecule has 0 bridgehead atoms. The molecule has 126 valence electrons. The van der Waals surface area contributed by atoms with Crippen molar-refractivity contribution in [2.24, 2.45) is 11.8 Å². The lowest BCUT2D eigenvalue weighted by atomic mass is 9.85. The van der Waals surface area contributed by atoms with Gasteiger partial charge in [-0.2, -0.15) is 0 Å². The zero-order valence-electron chi connectivity index (χ0n) is 13.0. The summed E-state index contributed by atoms with van der Waals surface area (Å²) in [5, 5.41) is 0.605. The molecule has 6 nitrogen and oxygen atoms in total. The second-order valence-corrected chi connectivity index (χ2v) is 6.35.